The van der Waals surface area contributed by atoms with Crippen molar-refractivity contribution in [1.82, 2.24) is 0 Å². The van der Waals surface area contributed by atoms with Gasteiger partial charge in [0.15, 0.2) is 0 Å². The van der Waals surface area contributed by atoms with Crippen molar-refractivity contribution < 1.29 is 19.5 Å². The fourth-order valence-corrected chi connectivity index (χ4v) is 0.250. The summed E-state index contributed by atoms with van der Waals surface area (Å²) in [5.41, 5.74) is 0. The monoisotopic (exact) mass is 230 g/mol. The van der Waals surface area contributed by atoms with Crippen LogP contribution in [0.1, 0.15) is 26.2 Å². The van der Waals surface area contributed by atoms with E-state index in [1.165, 1.54) is 12.8 Å². The third kappa shape index (κ3) is 27.5. The zero-order valence-corrected chi connectivity index (χ0v) is 10.6. The number of hydrogen-bond donors (Lipinski definition) is 0. The number of unbranched alkanes of at least 4 members (excludes halogenated alkanes) is 2. The summed E-state index contributed by atoms with van der Waals surface area (Å²) in [5, 5.41) is 0. The van der Waals surface area contributed by atoms with E-state index in [4.69, 9.17) is 0 Å². The standard InChI is InChI=1S/C5H11.CH3.BrH.Zn/c1-3-5-4-2;;;/h1,3-5H2,2H3;1H3;1H;/q2*-1;;+2. The van der Waals surface area contributed by atoms with E-state index in [0.717, 1.165) is 6.42 Å². The van der Waals surface area contributed by atoms with Crippen LogP contribution < -0.4 is 0 Å². The molecular formula is C6H15BrZn. The van der Waals surface area contributed by atoms with E-state index in [0.29, 0.717) is 0 Å². The average molecular weight is 232 g/mol. The Morgan fingerprint density at radius 2 is 1.75 bits per heavy atom. The second-order valence-corrected chi connectivity index (χ2v) is 1.21. The van der Waals surface area contributed by atoms with Gasteiger partial charge in [-0.2, -0.15) is 6.42 Å². The van der Waals surface area contributed by atoms with Gasteiger partial charge in [0.1, 0.15) is 0 Å². The van der Waals surface area contributed by atoms with Gasteiger partial charge in [-0.15, -0.1) is 17.0 Å². The van der Waals surface area contributed by atoms with Crippen molar-refractivity contribution in [2.45, 2.75) is 26.2 Å². The van der Waals surface area contributed by atoms with Crippen LogP contribution in [-0.2, 0) is 19.5 Å². The third-order valence-electron chi connectivity index (χ3n) is 0.604. The normalized spacial score (nSPS) is 5.25. The fourth-order valence-electron chi connectivity index (χ4n) is 0.250. The first-order valence-corrected chi connectivity index (χ1v) is 2.21. The van der Waals surface area contributed by atoms with Gasteiger partial charge in [-0.25, -0.2) is 0 Å². The van der Waals surface area contributed by atoms with Crippen molar-refractivity contribution >= 4 is 17.0 Å². The third-order valence-corrected chi connectivity index (χ3v) is 0.604. The van der Waals surface area contributed by atoms with Crippen LogP contribution in [0.4, 0.5) is 0 Å². The van der Waals surface area contributed by atoms with Gasteiger partial charge in [0, 0.05) is 0 Å². The van der Waals surface area contributed by atoms with Gasteiger partial charge in [-0.05, 0) is 0 Å². The summed E-state index contributed by atoms with van der Waals surface area (Å²) in [6.07, 6.45) is 3.65. The molecular weight excluding hydrogens is 217 g/mol. The van der Waals surface area contributed by atoms with E-state index < -0.39 is 0 Å². The van der Waals surface area contributed by atoms with E-state index in [2.05, 4.69) is 13.8 Å². The molecule has 0 aliphatic carbocycles. The smallest absolute Gasteiger partial charge is 0.358 e. The Bertz CT molecular complexity index is 16.0. The number of hydrogen-bond acceptors (Lipinski definition) is 0. The summed E-state index contributed by atoms with van der Waals surface area (Å²) in [4.78, 5) is 0. The summed E-state index contributed by atoms with van der Waals surface area (Å²) in [6.45, 7) is 5.85. The first-order valence-electron chi connectivity index (χ1n) is 2.21. The van der Waals surface area contributed by atoms with Gasteiger partial charge < -0.3 is 14.4 Å². The number of halogens is 1. The van der Waals surface area contributed by atoms with Crippen molar-refractivity contribution in [3.8, 4) is 0 Å². The molecule has 48 valence electrons. The minimum absolute atomic E-state index is 0. The SMILES string of the molecule is Br.[CH2-]CCCC.[CH3-].[Zn+2]. The molecule has 0 N–H and O–H groups in total. The average Bonchev–Trinajstić information content (AvgIpc) is 1.41. The maximum Gasteiger partial charge on any atom is 2.00 e. The summed E-state index contributed by atoms with van der Waals surface area (Å²) in [5.74, 6) is 0. The molecule has 0 aromatic rings. The predicted molar refractivity (Wildman–Crippen MR) is 41.6 cm³/mol. The topological polar surface area (TPSA) is 0 Å². The van der Waals surface area contributed by atoms with E-state index >= 15 is 0 Å². The molecule has 0 bridgehead atoms. The molecule has 0 heterocycles. The zero-order valence-electron chi connectivity index (χ0n) is 5.94. The summed E-state index contributed by atoms with van der Waals surface area (Å²) < 4.78 is 0. The Labute approximate surface area is 77.0 Å². The summed E-state index contributed by atoms with van der Waals surface area (Å²) >= 11 is 0. The predicted octanol–water partition coefficient (Wildman–Crippen LogP) is 3.04. The van der Waals surface area contributed by atoms with Crippen LogP contribution in [0.5, 0.6) is 0 Å². The second-order valence-electron chi connectivity index (χ2n) is 1.21. The first-order chi connectivity index (χ1) is 2.41. The molecule has 8 heavy (non-hydrogen) atoms. The van der Waals surface area contributed by atoms with Gasteiger partial charge in [0.2, 0.25) is 0 Å². The summed E-state index contributed by atoms with van der Waals surface area (Å²) in [7, 11) is 0. The van der Waals surface area contributed by atoms with Crippen molar-refractivity contribution in [1.29, 1.82) is 0 Å². The number of rotatable bonds is 2. The second kappa shape index (κ2) is 24.3. The molecule has 0 unspecified atom stereocenters. The first kappa shape index (κ1) is 23.0. The molecule has 0 aromatic heterocycles. The van der Waals surface area contributed by atoms with Gasteiger partial charge in [0.25, 0.3) is 0 Å². The Hall–Kier alpha value is 1.10. The maximum absolute atomic E-state index is 3.68. The molecule has 0 radical (unpaired) electrons. The Balaban J connectivity index is -0.0000000267. The molecule has 0 fully saturated rings. The molecule has 0 nitrogen and oxygen atoms in total. The molecule has 0 aromatic carbocycles. The van der Waals surface area contributed by atoms with Crippen LogP contribution >= 0.6 is 17.0 Å². The Morgan fingerprint density at radius 3 is 1.75 bits per heavy atom. The van der Waals surface area contributed by atoms with Gasteiger partial charge in [-0.1, -0.05) is 19.8 Å². The Kier molecular flexibility index (Phi) is 69.7. The van der Waals surface area contributed by atoms with Crippen molar-refractivity contribution in [2.24, 2.45) is 0 Å². The minimum Gasteiger partial charge on any atom is -0.358 e. The van der Waals surface area contributed by atoms with Crippen LogP contribution in [-0.4, -0.2) is 0 Å². The molecule has 0 spiro atoms. The molecule has 0 aliphatic rings. The van der Waals surface area contributed by atoms with Crippen molar-refractivity contribution in [2.75, 3.05) is 0 Å². The maximum atomic E-state index is 3.68. The molecule has 0 saturated carbocycles. The van der Waals surface area contributed by atoms with Crippen LogP contribution in [0.25, 0.3) is 0 Å². The van der Waals surface area contributed by atoms with Gasteiger partial charge >= 0.3 is 19.5 Å². The quantitative estimate of drug-likeness (QED) is 0.507. The van der Waals surface area contributed by atoms with Crippen LogP contribution in [0.3, 0.4) is 0 Å². The van der Waals surface area contributed by atoms with E-state index in [-0.39, 0.29) is 43.9 Å². The zero-order chi connectivity index (χ0) is 4.12. The molecule has 0 atom stereocenters. The fraction of sp³-hybridized carbons (Fsp3) is 0.667. The van der Waals surface area contributed by atoms with Crippen LogP contribution in [0, 0.1) is 14.4 Å². The molecule has 2 heteroatoms. The van der Waals surface area contributed by atoms with E-state index in [1.807, 2.05) is 0 Å². The van der Waals surface area contributed by atoms with Gasteiger partial charge in [-0.3, -0.25) is 0 Å². The summed E-state index contributed by atoms with van der Waals surface area (Å²) in [6, 6.07) is 0. The Morgan fingerprint density at radius 1 is 1.38 bits per heavy atom. The largest absolute Gasteiger partial charge is 2.00 e. The van der Waals surface area contributed by atoms with Crippen LogP contribution in [0.15, 0.2) is 0 Å². The molecule has 0 saturated heterocycles. The van der Waals surface area contributed by atoms with Crippen molar-refractivity contribution in [3.05, 3.63) is 14.4 Å². The molecule has 0 rings (SSSR count). The van der Waals surface area contributed by atoms with Gasteiger partial charge in [0.05, 0.1) is 0 Å². The van der Waals surface area contributed by atoms with Crippen LogP contribution in [0.2, 0.25) is 0 Å². The molecule has 0 amide bonds. The van der Waals surface area contributed by atoms with Crippen molar-refractivity contribution in [3.63, 3.8) is 0 Å². The van der Waals surface area contributed by atoms with E-state index in [9.17, 15) is 0 Å². The minimum atomic E-state index is 0. The molecule has 0 aliphatic heterocycles. The van der Waals surface area contributed by atoms with E-state index in [1.54, 1.807) is 0 Å².